The van der Waals surface area contributed by atoms with Crippen molar-refractivity contribution in [3.8, 4) is 0 Å². The van der Waals surface area contributed by atoms with Crippen molar-refractivity contribution in [3.05, 3.63) is 47.1 Å². The second-order valence-electron chi connectivity index (χ2n) is 3.54. The van der Waals surface area contributed by atoms with Gasteiger partial charge in [0.15, 0.2) is 0 Å². The Kier molecular flexibility index (Phi) is 3.58. The molecule has 0 aliphatic carbocycles. The first kappa shape index (κ1) is 12.5. The number of H-pyrrole nitrogens is 1. The van der Waals surface area contributed by atoms with Gasteiger partial charge in [-0.25, -0.2) is 13.1 Å². The number of aromatic amines is 1. The molecule has 2 heterocycles. The molecule has 2 aromatic heterocycles. The van der Waals surface area contributed by atoms with Gasteiger partial charge in [-0.1, -0.05) is 0 Å². The predicted octanol–water partition coefficient (Wildman–Crippen LogP) is -0.450. The minimum atomic E-state index is -3.78. The van der Waals surface area contributed by atoms with E-state index in [0.29, 0.717) is 6.54 Å². The van der Waals surface area contributed by atoms with Crippen LogP contribution in [0.15, 0.2) is 46.6 Å². The van der Waals surface area contributed by atoms with Crippen molar-refractivity contribution >= 4 is 10.0 Å². The van der Waals surface area contributed by atoms with Gasteiger partial charge in [0, 0.05) is 37.4 Å². The van der Waals surface area contributed by atoms with Crippen LogP contribution in [0.4, 0.5) is 0 Å². The average molecular weight is 268 g/mol. The van der Waals surface area contributed by atoms with E-state index in [1.807, 2.05) is 0 Å². The summed E-state index contributed by atoms with van der Waals surface area (Å²) >= 11 is 0. The van der Waals surface area contributed by atoms with Crippen LogP contribution in [0.5, 0.6) is 0 Å². The van der Waals surface area contributed by atoms with Gasteiger partial charge in [-0.2, -0.15) is 5.10 Å². The van der Waals surface area contributed by atoms with Crippen molar-refractivity contribution in [2.45, 2.75) is 11.4 Å². The minimum Gasteiger partial charge on any atom is -0.366 e. The first-order valence-electron chi connectivity index (χ1n) is 5.24. The van der Waals surface area contributed by atoms with Crippen molar-refractivity contribution in [1.82, 2.24) is 19.5 Å². The van der Waals surface area contributed by atoms with E-state index < -0.39 is 15.5 Å². The first-order valence-corrected chi connectivity index (χ1v) is 6.72. The third kappa shape index (κ3) is 2.84. The summed E-state index contributed by atoms with van der Waals surface area (Å²) < 4.78 is 27.6. The van der Waals surface area contributed by atoms with Gasteiger partial charge >= 0.3 is 0 Å². The summed E-state index contributed by atoms with van der Waals surface area (Å²) in [6, 6.07) is 2.92. The third-order valence-electron chi connectivity index (χ3n) is 2.27. The van der Waals surface area contributed by atoms with Gasteiger partial charge in [-0.3, -0.25) is 9.48 Å². The van der Waals surface area contributed by atoms with Crippen molar-refractivity contribution in [2.24, 2.45) is 0 Å². The molecule has 0 bridgehead atoms. The van der Waals surface area contributed by atoms with Crippen molar-refractivity contribution in [3.63, 3.8) is 0 Å². The Morgan fingerprint density at radius 2 is 2.28 bits per heavy atom. The Labute approximate surface area is 104 Å². The van der Waals surface area contributed by atoms with Crippen LogP contribution in [-0.2, 0) is 16.6 Å². The van der Waals surface area contributed by atoms with Crippen LogP contribution in [0.2, 0.25) is 0 Å². The molecular formula is C10H12N4O3S. The Hall–Kier alpha value is -1.93. The zero-order chi connectivity index (χ0) is 13.0. The van der Waals surface area contributed by atoms with Gasteiger partial charge in [0.1, 0.15) is 4.90 Å². The van der Waals surface area contributed by atoms with Gasteiger partial charge in [0.05, 0.1) is 6.54 Å². The lowest BCUT2D eigenvalue weighted by molar-refractivity contribution is 0.560. The molecule has 7 nitrogen and oxygen atoms in total. The zero-order valence-corrected chi connectivity index (χ0v) is 10.2. The molecule has 0 radical (unpaired) electrons. The Morgan fingerprint density at radius 1 is 1.44 bits per heavy atom. The number of nitrogens with one attached hydrogen (secondary N) is 2. The fourth-order valence-electron chi connectivity index (χ4n) is 1.42. The van der Waals surface area contributed by atoms with Crippen molar-refractivity contribution in [2.75, 3.05) is 6.54 Å². The summed E-state index contributed by atoms with van der Waals surface area (Å²) in [5.41, 5.74) is -0.541. The van der Waals surface area contributed by atoms with Crippen LogP contribution in [0.25, 0.3) is 0 Å². The largest absolute Gasteiger partial charge is 0.366 e. The molecule has 0 aromatic carbocycles. The summed E-state index contributed by atoms with van der Waals surface area (Å²) in [7, 11) is -3.78. The molecule has 0 saturated heterocycles. The lowest BCUT2D eigenvalue weighted by atomic mass is 10.5. The third-order valence-corrected chi connectivity index (χ3v) is 3.75. The van der Waals surface area contributed by atoms with Crippen molar-refractivity contribution in [1.29, 1.82) is 0 Å². The van der Waals surface area contributed by atoms with Gasteiger partial charge < -0.3 is 4.98 Å². The summed E-state index contributed by atoms with van der Waals surface area (Å²) in [5, 5.41) is 3.94. The lowest BCUT2D eigenvalue weighted by Crippen LogP contribution is -2.31. The number of sulfonamides is 1. The maximum atomic E-state index is 11.8. The molecule has 8 heteroatoms. The molecule has 0 atom stereocenters. The summed E-state index contributed by atoms with van der Waals surface area (Å²) in [6.07, 6.45) is 5.88. The Bertz CT molecular complexity index is 660. The molecule has 0 saturated carbocycles. The van der Waals surface area contributed by atoms with Crippen LogP contribution in [0.1, 0.15) is 0 Å². The number of hydrogen-bond donors (Lipinski definition) is 2. The normalized spacial score (nSPS) is 11.6. The molecule has 0 amide bonds. The van der Waals surface area contributed by atoms with E-state index >= 15 is 0 Å². The van der Waals surface area contributed by atoms with E-state index in [0.717, 1.165) is 0 Å². The second kappa shape index (κ2) is 5.15. The smallest absolute Gasteiger partial charge is 0.245 e. The zero-order valence-electron chi connectivity index (χ0n) is 9.41. The van der Waals surface area contributed by atoms with E-state index in [1.165, 1.54) is 18.5 Å². The van der Waals surface area contributed by atoms with E-state index in [9.17, 15) is 13.2 Å². The number of hydrogen-bond acceptors (Lipinski definition) is 4. The fourth-order valence-corrected chi connectivity index (χ4v) is 2.49. The molecular weight excluding hydrogens is 256 g/mol. The van der Waals surface area contributed by atoms with E-state index in [4.69, 9.17) is 0 Å². The van der Waals surface area contributed by atoms with Crippen LogP contribution in [0.3, 0.4) is 0 Å². The van der Waals surface area contributed by atoms with Gasteiger partial charge in [-0.05, 0) is 6.07 Å². The van der Waals surface area contributed by atoms with Gasteiger partial charge in [0.25, 0.3) is 0 Å². The number of nitrogens with zero attached hydrogens (tertiary/aromatic N) is 2. The molecule has 0 spiro atoms. The minimum absolute atomic E-state index is 0.165. The summed E-state index contributed by atoms with van der Waals surface area (Å²) in [4.78, 5) is 13.7. The lowest BCUT2D eigenvalue weighted by Gasteiger charge is -2.05. The summed E-state index contributed by atoms with van der Waals surface area (Å²) in [5.74, 6) is 0. The number of rotatable bonds is 5. The van der Waals surface area contributed by atoms with Crippen LogP contribution >= 0.6 is 0 Å². The fraction of sp³-hybridized carbons (Fsp3) is 0.200. The monoisotopic (exact) mass is 268 g/mol. The SMILES string of the molecule is O=c1cc[nH]cc1S(=O)(=O)NCCn1cccn1. The van der Waals surface area contributed by atoms with E-state index in [2.05, 4.69) is 14.8 Å². The van der Waals surface area contributed by atoms with Gasteiger partial charge in [-0.15, -0.1) is 0 Å². The van der Waals surface area contributed by atoms with Crippen LogP contribution in [-0.4, -0.2) is 29.7 Å². The maximum Gasteiger partial charge on any atom is 0.245 e. The highest BCUT2D eigenvalue weighted by Gasteiger charge is 2.16. The molecule has 0 fully saturated rings. The molecule has 0 aliphatic rings. The molecule has 0 unspecified atom stereocenters. The molecule has 2 aromatic rings. The molecule has 18 heavy (non-hydrogen) atoms. The molecule has 2 N–H and O–H groups in total. The number of aromatic nitrogens is 3. The Balaban J connectivity index is 2.04. The standard InChI is InChI=1S/C10H12N4O3S/c15-9-2-4-11-8-10(9)18(16,17)13-5-7-14-6-1-3-12-14/h1-4,6,8,13H,5,7H2,(H,11,15). The van der Waals surface area contributed by atoms with Crippen LogP contribution in [0, 0.1) is 0 Å². The van der Waals surface area contributed by atoms with Crippen molar-refractivity contribution < 1.29 is 8.42 Å². The highest BCUT2D eigenvalue weighted by Crippen LogP contribution is 1.99. The second-order valence-corrected chi connectivity index (χ2v) is 5.28. The summed E-state index contributed by atoms with van der Waals surface area (Å²) in [6.45, 7) is 0.565. The Morgan fingerprint density at radius 3 is 2.94 bits per heavy atom. The maximum absolute atomic E-state index is 11.8. The highest BCUT2D eigenvalue weighted by atomic mass is 32.2. The quantitative estimate of drug-likeness (QED) is 0.767. The van der Waals surface area contributed by atoms with Gasteiger partial charge in [0.2, 0.25) is 15.5 Å². The topological polar surface area (TPSA) is 96.9 Å². The highest BCUT2D eigenvalue weighted by molar-refractivity contribution is 7.89. The predicted molar refractivity (Wildman–Crippen MR) is 64.5 cm³/mol. The average Bonchev–Trinajstić information content (AvgIpc) is 2.82. The van der Waals surface area contributed by atoms with Crippen LogP contribution < -0.4 is 10.2 Å². The molecule has 2 rings (SSSR count). The van der Waals surface area contributed by atoms with E-state index in [-0.39, 0.29) is 11.4 Å². The number of pyridine rings is 1. The van der Waals surface area contributed by atoms with E-state index in [1.54, 1.807) is 23.1 Å². The molecule has 0 aliphatic heterocycles. The molecule has 96 valence electrons. The first-order chi connectivity index (χ1) is 8.59.